The Kier molecular flexibility index (Phi) is 7.89. The number of hydrogen-bond donors (Lipinski definition) is 1. The highest BCUT2D eigenvalue weighted by molar-refractivity contribution is 5.91. The molecule has 0 spiro atoms. The number of nitrogens with one attached hydrogen (secondary N) is 1. The second kappa shape index (κ2) is 9.88. The second-order valence-corrected chi connectivity index (χ2v) is 4.78. The summed E-state index contributed by atoms with van der Waals surface area (Å²) in [5.41, 5.74) is -0.0724. The third-order valence-electron chi connectivity index (χ3n) is 3.19. The third-order valence-corrected chi connectivity index (χ3v) is 3.19. The molecule has 1 unspecified atom stereocenters. The molecule has 2 amide bonds. The summed E-state index contributed by atoms with van der Waals surface area (Å²) in [6.45, 7) is 4.60. The van der Waals surface area contributed by atoms with Gasteiger partial charge in [-0.05, 0) is 20.8 Å². The SMILES string of the molecule is CCOC(=O)NN(C(=O)OCC)C(C#N)(C(=O)OCC)c1ccccc1. The van der Waals surface area contributed by atoms with Gasteiger partial charge in [0.25, 0.3) is 5.54 Å². The minimum Gasteiger partial charge on any atom is -0.463 e. The highest BCUT2D eigenvalue weighted by Gasteiger charge is 2.52. The van der Waals surface area contributed by atoms with E-state index in [0.29, 0.717) is 5.01 Å². The van der Waals surface area contributed by atoms with E-state index in [4.69, 9.17) is 14.2 Å². The summed E-state index contributed by atoms with van der Waals surface area (Å²) in [5, 5.41) is 10.4. The van der Waals surface area contributed by atoms with Gasteiger partial charge in [-0.1, -0.05) is 30.3 Å². The van der Waals surface area contributed by atoms with Crippen molar-refractivity contribution in [1.82, 2.24) is 10.4 Å². The van der Waals surface area contributed by atoms with Crippen molar-refractivity contribution in [1.29, 1.82) is 5.26 Å². The van der Waals surface area contributed by atoms with Gasteiger partial charge in [0.05, 0.1) is 19.8 Å². The number of hydrogen-bond acceptors (Lipinski definition) is 7. The molecule has 0 saturated heterocycles. The van der Waals surface area contributed by atoms with Crippen molar-refractivity contribution in [2.75, 3.05) is 19.8 Å². The molecular formula is C17H21N3O6. The van der Waals surface area contributed by atoms with Gasteiger partial charge >= 0.3 is 18.2 Å². The van der Waals surface area contributed by atoms with E-state index in [1.54, 1.807) is 45.0 Å². The fourth-order valence-electron chi connectivity index (χ4n) is 2.12. The van der Waals surface area contributed by atoms with Crippen LogP contribution in [-0.2, 0) is 24.5 Å². The van der Waals surface area contributed by atoms with E-state index < -0.39 is 23.7 Å². The maximum Gasteiger partial charge on any atom is 0.431 e. The Balaban J connectivity index is 3.54. The van der Waals surface area contributed by atoms with Crippen LogP contribution in [0, 0.1) is 11.3 Å². The predicted molar refractivity (Wildman–Crippen MR) is 89.4 cm³/mol. The topological polar surface area (TPSA) is 118 Å². The number of carbonyl (C=O) groups excluding carboxylic acids is 3. The first-order valence-electron chi connectivity index (χ1n) is 8.02. The number of hydrazine groups is 1. The lowest BCUT2D eigenvalue weighted by molar-refractivity contribution is -0.155. The summed E-state index contributed by atoms with van der Waals surface area (Å²) in [6.07, 6.45) is -2.14. The van der Waals surface area contributed by atoms with E-state index in [1.165, 1.54) is 12.1 Å². The van der Waals surface area contributed by atoms with Crippen molar-refractivity contribution in [3.63, 3.8) is 0 Å². The number of carbonyl (C=O) groups is 3. The zero-order valence-electron chi connectivity index (χ0n) is 14.9. The maximum absolute atomic E-state index is 12.7. The molecule has 0 aliphatic heterocycles. The largest absolute Gasteiger partial charge is 0.463 e. The van der Waals surface area contributed by atoms with Crippen molar-refractivity contribution in [3.05, 3.63) is 35.9 Å². The first-order chi connectivity index (χ1) is 12.5. The van der Waals surface area contributed by atoms with Gasteiger partial charge < -0.3 is 14.2 Å². The smallest absolute Gasteiger partial charge is 0.431 e. The molecule has 9 heteroatoms. The number of nitrogens with zero attached hydrogens (tertiary/aromatic N) is 2. The Labute approximate surface area is 151 Å². The lowest BCUT2D eigenvalue weighted by atomic mass is 9.90. The van der Waals surface area contributed by atoms with Gasteiger partial charge in [0, 0.05) is 5.56 Å². The summed E-state index contributed by atoms with van der Waals surface area (Å²) >= 11 is 0. The lowest BCUT2D eigenvalue weighted by Gasteiger charge is -2.35. The molecule has 0 aliphatic rings. The fraction of sp³-hybridized carbons (Fsp3) is 0.412. The second-order valence-electron chi connectivity index (χ2n) is 4.78. The van der Waals surface area contributed by atoms with E-state index in [1.807, 2.05) is 0 Å². The molecule has 1 atom stereocenters. The number of ether oxygens (including phenoxy) is 3. The average Bonchev–Trinajstić information content (AvgIpc) is 2.63. The number of rotatable bonds is 6. The molecule has 0 bridgehead atoms. The molecule has 0 saturated carbocycles. The zero-order chi connectivity index (χ0) is 19.6. The van der Waals surface area contributed by atoms with Gasteiger partial charge in [-0.15, -0.1) is 0 Å². The predicted octanol–water partition coefficient (Wildman–Crippen LogP) is 2.09. The van der Waals surface area contributed by atoms with Gasteiger partial charge in [0.15, 0.2) is 0 Å². The first kappa shape index (κ1) is 20.8. The van der Waals surface area contributed by atoms with Crippen LogP contribution in [0.15, 0.2) is 30.3 Å². The first-order valence-corrected chi connectivity index (χ1v) is 8.02. The molecule has 0 radical (unpaired) electrons. The van der Waals surface area contributed by atoms with Crippen molar-refractivity contribution in [2.24, 2.45) is 0 Å². The Bertz CT molecular complexity index is 673. The van der Waals surface area contributed by atoms with E-state index in [9.17, 15) is 19.6 Å². The van der Waals surface area contributed by atoms with Gasteiger partial charge in [-0.2, -0.15) is 10.3 Å². The number of nitriles is 1. The fourth-order valence-corrected chi connectivity index (χ4v) is 2.12. The minimum atomic E-state index is -2.30. The van der Waals surface area contributed by atoms with Crippen LogP contribution in [-0.4, -0.2) is 43.0 Å². The summed E-state index contributed by atoms with van der Waals surface area (Å²) in [4.78, 5) is 37.0. The monoisotopic (exact) mass is 363 g/mol. The van der Waals surface area contributed by atoms with Crippen molar-refractivity contribution < 1.29 is 28.6 Å². The van der Waals surface area contributed by atoms with Gasteiger partial charge in [-0.25, -0.2) is 19.8 Å². The highest BCUT2D eigenvalue weighted by atomic mass is 16.6. The Morgan fingerprint density at radius 1 is 1.04 bits per heavy atom. The van der Waals surface area contributed by atoms with E-state index in [0.717, 1.165) is 0 Å². The molecule has 0 heterocycles. The number of amides is 2. The van der Waals surface area contributed by atoms with Crippen molar-refractivity contribution in [2.45, 2.75) is 26.3 Å². The normalized spacial score (nSPS) is 12.1. The van der Waals surface area contributed by atoms with E-state index in [-0.39, 0.29) is 25.4 Å². The van der Waals surface area contributed by atoms with Gasteiger partial charge in [0.2, 0.25) is 0 Å². The lowest BCUT2D eigenvalue weighted by Crippen LogP contribution is -2.61. The molecule has 1 aromatic rings. The van der Waals surface area contributed by atoms with Crippen LogP contribution in [0.1, 0.15) is 26.3 Å². The molecule has 0 fully saturated rings. The quantitative estimate of drug-likeness (QED) is 0.467. The third kappa shape index (κ3) is 4.42. The summed E-state index contributed by atoms with van der Waals surface area (Å²) in [5.74, 6) is -1.04. The van der Waals surface area contributed by atoms with Gasteiger partial charge in [0.1, 0.15) is 6.07 Å². The van der Waals surface area contributed by atoms with Crippen LogP contribution < -0.4 is 5.43 Å². The van der Waals surface area contributed by atoms with Crippen LogP contribution in [0.25, 0.3) is 0 Å². The van der Waals surface area contributed by atoms with E-state index >= 15 is 0 Å². The molecule has 140 valence electrons. The standard InChI is InChI=1S/C17H21N3O6/c1-4-24-14(21)17(12-18,13-10-8-7-9-11-13)20(16(23)26-6-3)19-15(22)25-5-2/h7-11H,4-6H2,1-3H3,(H,19,22). The van der Waals surface area contributed by atoms with Crippen LogP contribution in [0.5, 0.6) is 0 Å². The summed E-state index contributed by atoms with van der Waals surface area (Å²) in [6, 6.07) is 9.53. The Hall–Kier alpha value is -3.28. The van der Waals surface area contributed by atoms with Crippen LogP contribution in [0.3, 0.4) is 0 Å². The highest BCUT2D eigenvalue weighted by Crippen LogP contribution is 2.29. The van der Waals surface area contributed by atoms with Crippen LogP contribution in [0.2, 0.25) is 0 Å². The van der Waals surface area contributed by atoms with Gasteiger partial charge in [-0.3, -0.25) is 0 Å². The van der Waals surface area contributed by atoms with E-state index in [2.05, 4.69) is 5.43 Å². The molecule has 1 N–H and O–H groups in total. The van der Waals surface area contributed by atoms with Crippen LogP contribution in [0.4, 0.5) is 9.59 Å². The summed E-state index contributed by atoms with van der Waals surface area (Å²) < 4.78 is 14.7. The maximum atomic E-state index is 12.7. The molecule has 0 aliphatic carbocycles. The Morgan fingerprint density at radius 3 is 2.12 bits per heavy atom. The molecule has 1 aromatic carbocycles. The Morgan fingerprint density at radius 2 is 1.62 bits per heavy atom. The van der Waals surface area contributed by atoms with Crippen molar-refractivity contribution in [3.8, 4) is 6.07 Å². The molecule has 0 aromatic heterocycles. The molecule has 26 heavy (non-hydrogen) atoms. The molecule has 1 rings (SSSR count). The zero-order valence-corrected chi connectivity index (χ0v) is 14.9. The van der Waals surface area contributed by atoms with Crippen LogP contribution >= 0.6 is 0 Å². The molecular weight excluding hydrogens is 342 g/mol. The molecule has 9 nitrogen and oxygen atoms in total. The minimum absolute atomic E-state index is 0.0206. The summed E-state index contributed by atoms with van der Waals surface area (Å²) in [7, 11) is 0. The average molecular weight is 363 g/mol. The number of benzene rings is 1. The van der Waals surface area contributed by atoms with Crippen molar-refractivity contribution >= 4 is 18.2 Å². The number of esters is 1.